The van der Waals surface area contributed by atoms with Crippen molar-refractivity contribution < 1.29 is 4.39 Å². The Morgan fingerprint density at radius 2 is 2.30 bits per heavy atom. The van der Waals surface area contributed by atoms with Crippen LogP contribution in [-0.2, 0) is 0 Å². The summed E-state index contributed by atoms with van der Waals surface area (Å²) >= 11 is 0. The van der Waals surface area contributed by atoms with Crippen molar-refractivity contribution in [3.8, 4) is 0 Å². The molecule has 2 nitrogen and oxygen atoms in total. The molecule has 0 aliphatic rings. The zero-order valence-corrected chi connectivity index (χ0v) is 6.15. The van der Waals surface area contributed by atoms with E-state index in [4.69, 9.17) is 11.1 Å². The topological polar surface area (TPSA) is 49.9 Å². The van der Waals surface area contributed by atoms with Gasteiger partial charge in [0.05, 0.1) is 5.71 Å². The van der Waals surface area contributed by atoms with Crippen molar-refractivity contribution >= 4 is 5.71 Å². The van der Waals surface area contributed by atoms with Gasteiger partial charge in [-0.3, -0.25) is 0 Å². The predicted octanol–water partition coefficient (Wildman–Crippen LogP) is 1.97. The Hall–Kier alpha value is -0.860. The molecule has 58 valence electrons. The first-order chi connectivity index (χ1) is 4.72. The van der Waals surface area contributed by atoms with Gasteiger partial charge in [0.2, 0.25) is 0 Å². The zero-order chi connectivity index (χ0) is 7.98. The Morgan fingerprint density at radius 3 is 2.70 bits per heavy atom. The van der Waals surface area contributed by atoms with E-state index in [9.17, 15) is 4.39 Å². The summed E-state index contributed by atoms with van der Waals surface area (Å²) in [7, 11) is 0. The van der Waals surface area contributed by atoms with Gasteiger partial charge in [-0.05, 0) is 12.8 Å². The molecule has 0 saturated carbocycles. The second kappa shape index (κ2) is 4.97. The van der Waals surface area contributed by atoms with Gasteiger partial charge >= 0.3 is 0 Å². The average molecular weight is 144 g/mol. The first kappa shape index (κ1) is 9.14. The van der Waals surface area contributed by atoms with E-state index >= 15 is 0 Å². The average Bonchev–Trinajstić information content (AvgIpc) is 1.98. The van der Waals surface area contributed by atoms with Crippen molar-refractivity contribution in [1.82, 2.24) is 0 Å². The first-order valence-electron chi connectivity index (χ1n) is 3.37. The van der Waals surface area contributed by atoms with Gasteiger partial charge in [0, 0.05) is 6.20 Å². The number of rotatable bonds is 4. The fourth-order valence-electron chi connectivity index (χ4n) is 0.574. The molecule has 0 aromatic carbocycles. The molecule has 0 fully saturated rings. The summed E-state index contributed by atoms with van der Waals surface area (Å²) < 4.78 is 12.4. The zero-order valence-electron chi connectivity index (χ0n) is 6.15. The summed E-state index contributed by atoms with van der Waals surface area (Å²) in [6.07, 6.45) is 3.13. The van der Waals surface area contributed by atoms with Crippen LogP contribution in [0, 0.1) is 5.41 Å². The van der Waals surface area contributed by atoms with E-state index in [1.165, 1.54) is 0 Å². The molecular formula is C7H13FN2. The summed E-state index contributed by atoms with van der Waals surface area (Å²) in [4.78, 5) is 0. The van der Waals surface area contributed by atoms with Crippen molar-refractivity contribution in [2.75, 3.05) is 0 Å². The molecule has 0 aromatic heterocycles. The number of hydrogen-bond donors (Lipinski definition) is 2. The molecule has 0 amide bonds. The number of hydrogen-bond acceptors (Lipinski definition) is 2. The van der Waals surface area contributed by atoms with Crippen molar-refractivity contribution in [3.05, 3.63) is 12.0 Å². The standard InChI is InChI=1S/C7H13FN2/c1-2-3-4-7(10)6(8)5-9/h5,10H,2-4,9H2,1H3/b6-5+,10-7?. The molecule has 0 bridgehead atoms. The van der Waals surface area contributed by atoms with Gasteiger partial charge < -0.3 is 11.1 Å². The van der Waals surface area contributed by atoms with Crippen LogP contribution in [0.25, 0.3) is 0 Å². The molecule has 3 N–H and O–H groups in total. The Morgan fingerprint density at radius 1 is 1.70 bits per heavy atom. The minimum atomic E-state index is -0.603. The van der Waals surface area contributed by atoms with Crippen LogP contribution >= 0.6 is 0 Å². The van der Waals surface area contributed by atoms with Gasteiger partial charge in [-0.15, -0.1) is 0 Å². The highest BCUT2D eigenvalue weighted by Gasteiger charge is 2.00. The molecule has 10 heavy (non-hydrogen) atoms. The number of unbranched alkanes of at least 4 members (excludes halogenated alkanes) is 1. The molecule has 0 aromatic rings. The van der Waals surface area contributed by atoms with Crippen LogP contribution in [-0.4, -0.2) is 5.71 Å². The van der Waals surface area contributed by atoms with Crippen molar-refractivity contribution in [2.24, 2.45) is 5.73 Å². The molecule has 0 saturated heterocycles. The minimum absolute atomic E-state index is 0.00403. The molecule has 0 rings (SSSR count). The lowest BCUT2D eigenvalue weighted by atomic mass is 10.1. The van der Waals surface area contributed by atoms with E-state index in [2.05, 4.69) is 0 Å². The Labute approximate surface area is 60.4 Å². The lowest BCUT2D eigenvalue weighted by molar-refractivity contribution is 0.666. The molecule has 0 radical (unpaired) electrons. The quantitative estimate of drug-likeness (QED) is 0.582. The summed E-state index contributed by atoms with van der Waals surface area (Å²) in [5, 5.41) is 7.07. The van der Waals surface area contributed by atoms with Crippen molar-refractivity contribution in [2.45, 2.75) is 26.2 Å². The van der Waals surface area contributed by atoms with Gasteiger partial charge in [-0.1, -0.05) is 13.3 Å². The highest BCUT2D eigenvalue weighted by atomic mass is 19.1. The van der Waals surface area contributed by atoms with Crippen LogP contribution in [0.2, 0.25) is 0 Å². The second-order valence-corrected chi connectivity index (χ2v) is 2.10. The Bertz CT molecular complexity index is 141. The predicted molar refractivity (Wildman–Crippen MR) is 40.6 cm³/mol. The normalized spacial score (nSPS) is 11.6. The SMILES string of the molecule is CCCCC(=N)/C(F)=C\N. The maximum absolute atomic E-state index is 12.4. The third kappa shape index (κ3) is 3.22. The highest BCUT2D eigenvalue weighted by Crippen LogP contribution is 2.04. The van der Waals surface area contributed by atoms with Crippen LogP contribution in [0.4, 0.5) is 4.39 Å². The molecule has 0 unspecified atom stereocenters. The molecule has 0 spiro atoms. The van der Waals surface area contributed by atoms with Gasteiger partial charge in [0.25, 0.3) is 0 Å². The molecular weight excluding hydrogens is 131 g/mol. The van der Waals surface area contributed by atoms with Crippen LogP contribution in [0.5, 0.6) is 0 Å². The van der Waals surface area contributed by atoms with E-state index in [0.29, 0.717) is 6.42 Å². The smallest absolute Gasteiger partial charge is 0.159 e. The summed E-state index contributed by atoms with van der Waals surface area (Å²) in [6.45, 7) is 2.00. The molecule has 0 atom stereocenters. The van der Waals surface area contributed by atoms with Crippen molar-refractivity contribution in [1.29, 1.82) is 5.41 Å². The Balaban J connectivity index is 3.63. The molecule has 0 heterocycles. The highest BCUT2D eigenvalue weighted by molar-refractivity contribution is 5.95. The number of allylic oxidation sites excluding steroid dienone is 1. The van der Waals surface area contributed by atoms with Crippen molar-refractivity contribution in [3.63, 3.8) is 0 Å². The fourth-order valence-corrected chi connectivity index (χ4v) is 0.574. The molecule has 0 aliphatic carbocycles. The maximum Gasteiger partial charge on any atom is 0.159 e. The van der Waals surface area contributed by atoms with E-state index < -0.39 is 5.83 Å². The van der Waals surface area contributed by atoms with E-state index in [-0.39, 0.29) is 5.71 Å². The number of nitrogens with two attached hydrogens (primary N) is 1. The monoisotopic (exact) mass is 144 g/mol. The first-order valence-corrected chi connectivity index (χ1v) is 3.37. The Kier molecular flexibility index (Phi) is 4.54. The largest absolute Gasteiger partial charge is 0.402 e. The van der Waals surface area contributed by atoms with Crippen LogP contribution in [0.3, 0.4) is 0 Å². The third-order valence-corrected chi connectivity index (χ3v) is 1.21. The summed E-state index contributed by atoms with van der Waals surface area (Å²) in [6, 6.07) is 0. The third-order valence-electron chi connectivity index (χ3n) is 1.21. The second-order valence-electron chi connectivity index (χ2n) is 2.10. The lowest BCUT2D eigenvalue weighted by Crippen LogP contribution is -1.98. The van der Waals surface area contributed by atoms with E-state index in [0.717, 1.165) is 19.0 Å². The number of nitrogens with one attached hydrogen (secondary N) is 1. The fraction of sp³-hybridized carbons (Fsp3) is 0.571. The van der Waals surface area contributed by atoms with Crippen LogP contribution < -0.4 is 5.73 Å². The summed E-state index contributed by atoms with van der Waals surface area (Å²) in [5.74, 6) is -0.603. The molecule has 3 heteroatoms. The maximum atomic E-state index is 12.4. The molecule has 0 aliphatic heterocycles. The minimum Gasteiger partial charge on any atom is -0.402 e. The van der Waals surface area contributed by atoms with Gasteiger partial charge in [0.15, 0.2) is 5.83 Å². The van der Waals surface area contributed by atoms with Gasteiger partial charge in [-0.25, -0.2) is 4.39 Å². The van der Waals surface area contributed by atoms with Gasteiger partial charge in [0.1, 0.15) is 0 Å². The van der Waals surface area contributed by atoms with E-state index in [1.807, 2.05) is 6.92 Å². The van der Waals surface area contributed by atoms with Crippen LogP contribution in [0.15, 0.2) is 12.0 Å². The summed E-state index contributed by atoms with van der Waals surface area (Å²) in [5.41, 5.74) is 4.87. The van der Waals surface area contributed by atoms with E-state index in [1.54, 1.807) is 0 Å². The van der Waals surface area contributed by atoms with Crippen LogP contribution in [0.1, 0.15) is 26.2 Å². The lowest BCUT2D eigenvalue weighted by Gasteiger charge is -1.96. The number of halogens is 1. The van der Waals surface area contributed by atoms with Gasteiger partial charge in [-0.2, -0.15) is 0 Å².